The minimum absolute atomic E-state index is 0.179. The summed E-state index contributed by atoms with van der Waals surface area (Å²) in [7, 11) is 0. The fourth-order valence-electron chi connectivity index (χ4n) is 3.43. The maximum Gasteiger partial charge on any atom is 0.237 e. The van der Waals surface area contributed by atoms with Crippen LogP contribution in [0.2, 0.25) is 0 Å². The zero-order chi connectivity index (χ0) is 18.6. The van der Waals surface area contributed by atoms with Gasteiger partial charge < -0.3 is 10.1 Å². The van der Waals surface area contributed by atoms with Gasteiger partial charge in [-0.25, -0.2) is 4.39 Å². The van der Waals surface area contributed by atoms with Gasteiger partial charge in [-0.3, -0.25) is 14.7 Å². The smallest absolute Gasteiger partial charge is 0.237 e. The monoisotopic (exact) mass is 367 g/mol. The zero-order valence-electron chi connectivity index (χ0n) is 15.0. The van der Waals surface area contributed by atoms with E-state index in [4.69, 9.17) is 4.74 Å². The lowest BCUT2D eigenvalue weighted by Gasteiger charge is -2.26. The third-order valence-electron chi connectivity index (χ3n) is 5.02. The molecule has 140 valence electrons. The van der Waals surface area contributed by atoms with E-state index in [9.17, 15) is 9.18 Å². The van der Waals surface area contributed by atoms with E-state index in [1.54, 1.807) is 12.3 Å². The van der Waals surface area contributed by atoms with E-state index in [0.717, 1.165) is 50.5 Å². The number of carbonyl (C=O) groups is 1. The fraction of sp³-hybridized carbons (Fsp3) is 0.333. The van der Waals surface area contributed by atoms with Crippen molar-refractivity contribution in [3.63, 3.8) is 0 Å². The molecule has 2 heterocycles. The largest absolute Gasteiger partial charge is 0.379 e. The predicted molar refractivity (Wildman–Crippen MR) is 103 cm³/mol. The Morgan fingerprint density at radius 1 is 1.19 bits per heavy atom. The molecule has 1 unspecified atom stereocenters. The standard InChI is InChI=1S/C21H22FN3O2/c22-16-3-6-18-19(21(26)24-20(18)13-16)14-23-17-4-1-15(2-5-17)7-8-25-9-11-27-12-10-25/h1-6,13-14,19H,7-12H2,(H,24,26). The van der Waals surface area contributed by atoms with Crippen LogP contribution in [-0.4, -0.2) is 49.9 Å². The second-order valence-electron chi connectivity index (χ2n) is 6.85. The number of amides is 1. The minimum Gasteiger partial charge on any atom is -0.379 e. The quantitative estimate of drug-likeness (QED) is 0.826. The average Bonchev–Trinajstić information content (AvgIpc) is 3.00. The highest BCUT2D eigenvalue weighted by molar-refractivity contribution is 6.12. The third kappa shape index (κ3) is 4.23. The lowest BCUT2D eigenvalue weighted by Crippen LogP contribution is -2.37. The molecular formula is C21H22FN3O2. The molecule has 4 rings (SSSR count). The molecule has 1 saturated heterocycles. The first-order valence-electron chi connectivity index (χ1n) is 9.22. The van der Waals surface area contributed by atoms with Crippen LogP contribution in [-0.2, 0) is 16.0 Å². The predicted octanol–water partition coefficient (Wildman–Crippen LogP) is 3.14. The summed E-state index contributed by atoms with van der Waals surface area (Å²) in [6.45, 7) is 4.66. The van der Waals surface area contributed by atoms with E-state index in [1.807, 2.05) is 12.1 Å². The number of aliphatic imine (C=N–C) groups is 1. The van der Waals surface area contributed by atoms with Crippen molar-refractivity contribution >= 4 is 23.5 Å². The lowest BCUT2D eigenvalue weighted by atomic mass is 10.0. The number of hydrogen-bond acceptors (Lipinski definition) is 4. The van der Waals surface area contributed by atoms with E-state index in [2.05, 4.69) is 27.3 Å². The summed E-state index contributed by atoms with van der Waals surface area (Å²) >= 11 is 0. The Kier molecular flexibility index (Phi) is 5.27. The molecule has 5 nitrogen and oxygen atoms in total. The number of rotatable bonds is 5. The van der Waals surface area contributed by atoms with Crippen molar-refractivity contribution in [2.24, 2.45) is 4.99 Å². The van der Waals surface area contributed by atoms with Crippen LogP contribution in [0.25, 0.3) is 0 Å². The van der Waals surface area contributed by atoms with Gasteiger partial charge in [-0.05, 0) is 41.8 Å². The number of carbonyl (C=O) groups excluding carboxylic acids is 1. The molecule has 1 amide bonds. The Bertz CT molecular complexity index is 845. The molecule has 0 saturated carbocycles. The first-order valence-corrected chi connectivity index (χ1v) is 9.22. The van der Waals surface area contributed by atoms with Crippen molar-refractivity contribution < 1.29 is 13.9 Å². The number of anilines is 1. The summed E-state index contributed by atoms with van der Waals surface area (Å²) in [6.07, 6.45) is 2.62. The number of nitrogens with one attached hydrogen (secondary N) is 1. The molecule has 1 N–H and O–H groups in total. The number of ether oxygens (including phenoxy) is 1. The third-order valence-corrected chi connectivity index (χ3v) is 5.02. The summed E-state index contributed by atoms with van der Waals surface area (Å²) in [5.41, 5.74) is 3.34. The zero-order valence-corrected chi connectivity index (χ0v) is 15.0. The van der Waals surface area contributed by atoms with Crippen LogP contribution in [0.4, 0.5) is 15.8 Å². The first kappa shape index (κ1) is 17.8. The van der Waals surface area contributed by atoms with Gasteiger partial charge in [-0.2, -0.15) is 0 Å². The minimum atomic E-state index is -0.485. The molecule has 0 aromatic heterocycles. The van der Waals surface area contributed by atoms with Gasteiger partial charge in [0.1, 0.15) is 11.7 Å². The molecule has 0 aliphatic carbocycles. The van der Waals surface area contributed by atoms with Crippen LogP contribution >= 0.6 is 0 Å². The van der Waals surface area contributed by atoms with Crippen molar-refractivity contribution in [2.75, 3.05) is 38.2 Å². The summed E-state index contributed by atoms with van der Waals surface area (Å²) < 4.78 is 18.7. The maximum absolute atomic E-state index is 13.3. The number of fused-ring (bicyclic) bond motifs is 1. The molecule has 6 heteroatoms. The molecule has 1 atom stereocenters. The topological polar surface area (TPSA) is 53.9 Å². The molecule has 2 aromatic rings. The number of nitrogens with zero attached hydrogens (tertiary/aromatic N) is 2. The normalized spacial score (nSPS) is 20.0. The number of morpholine rings is 1. The van der Waals surface area contributed by atoms with E-state index >= 15 is 0 Å². The maximum atomic E-state index is 13.3. The SMILES string of the molecule is O=C1Nc2cc(F)ccc2C1C=Nc1ccc(CCN2CCOCC2)cc1. The number of halogens is 1. The fourth-order valence-corrected chi connectivity index (χ4v) is 3.43. The van der Waals surface area contributed by atoms with Crippen LogP contribution in [0.15, 0.2) is 47.5 Å². The van der Waals surface area contributed by atoms with E-state index in [0.29, 0.717) is 5.69 Å². The number of hydrogen-bond donors (Lipinski definition) is 1. The van der Waals surface area contributed by atoms with Crippen molar-refractivity contribution in [1.82, 2.24) is 4.90 Å². The van der Waals surface area contributed by atoms with Gasteiger partial charge in [-0.1, -0.05) is 18.2 Å². The second kappa shape index (κ2) is 7.98. The second-order valence-corrected chi connectivity index (χ2v) is 6.85. The average molecular weight is 367 g/mol. The van der Waals surface area contributed by atoms with Gasteiger partial charge >= 0.3 is 0 Å². The molecule has 2 aliphatic heterocycles. The number of benzene rings is 2. The van der Waals surface area contributed by atoms with Crippen LogP contribution in [0.1, 0.15) is 17.0 Å². The summed E-state index contributed by atoms with van der Waals surface area (Å²) in [6, 6.07) is 12.4. The van der Waals surface area contributed by atoms with Crippen molar-refractivity contribution in [2.45, 2.75) is 12.3 Å². The van der Waals surface area contributed by atoms with Crippen LogP contribution < -0.4 is 5.32 Å². The van der Waals surface area contributed by atoms with Gasteiger partial charge in [0.25, 0.3) is 0 Å². The summed E-state index contributed by atoms with van der Waals surface area (Å²) in [5.74, 6) is -1.03. The van der Waals surface area contributed by atoms with E-state index in [1.165, 1.54) is 17.7 Å². The van der Waals surface area contributed by atoms with E-state index in [-0.39, 0.29) is 11.7 Å². The highest BCUT2D eigenvalue weighted by atomic mass is 19.1. The Morgan fingerprint density at radius 3 is 2.74 bits per heavy atom. The molecule has 2 aliphatic rings. The first-order chi connectivity index (χ1) is 13.2. The van der Waals surface area contributed by atoms with Crippen molar-refractivity contribution in [1.29, 1.82) is 0 Å². The Morgan fingerprint density at radius 2 is 1.96 bits per heavy atom. The van der Waals surface area contributed by atoms with Crippen molar-refractivity contribution in [3.05, 3.63) is 59.4 Å². The van der Waals surface area contributed by atoms with Crippen LogP contribution in [0.3, 0.4) is 0 Å². The Hall–Kier alpha value is -2.57. The van der Waals surface area contributed by atoms with Crippen LogP contribution in [0, 0.1) is 5.82 Å². The molecule has 27 heavy (non-hydrogen) atoms. The van der Waals surface area contributed by atoms with Gasteiger partial charge in [-0.15, -0.1) is 0 Å². The van der Waals surface area contributed by atoms with Gasteiger partial charge in [0.2, 0.25) is 5.91 Å². The molecule has 0 radical (unpaired) electrons. The summed E-state index contributed by atoms with van der Waals surface area (Å²) in [4.78, 5) is 19.0. The van der Waals surface area contributed by atoms with Crippen molar-refractivity contribution in [3.8, 4) is 0 Å². The van der Waals surface area contributed by atoms with Gasteiger partial charge in [0.05, 0.1) is 18.9 Å². The molecule has 0 spiro atoms. The van der Waals surface area contributed by atoms with Gasteiger partial charge in [0.15, 0.2) is 0 Å². The summed E-state index contributed by atoms with van der Waals surface area (Å²) in [5, 5.41) is 2.70. The molecule has 2 aromatic carbocycles. The Balaban J connectivity index is 1.38. The highest BCUT2D eigenvalue weighted by Gasteiger charge is 2.29. The molecular weight excluding hydrogens is 345 g/mol. The lowest BCUT2D eigenvalue weighted by molar-refractivity contribution is -0.115. The van der Waals surface area contributed by atoms with E-state index < -0.39 is 5.92 Å². The molecule has 0 bridgehead atoms. The molecule has 1 fully saturated rings. The van der Waals surface area contributed by atoms with Crippen LogP contribution in [0.5, 0.6) is 0 Å². The van der Waals surface area contributed by atoms with Gasteiger partial charge in [0, 0.05) is 31.5 Å². The highest BCUT2D eigenvalue weighted by Crippen LogP contribution is 2.32. The Labute approximate surface area is 157 Å².